The number of carbonyl (C=O) groups is 4. The lowest BCUT2D eigenvalue weighted by Gasteiger charge is -2.12. The Morgan fingerprint density at radius 2 is 1.70 bits per heavy atom. The largest absolute Gasteiger partial charge is 0.452 e. The molecule has 0 atom stereocenters. The normalized spacial score (nSPS) is 13.2. The van der Waals surface area contributed by atoms with E-state index in [1.807, 2.05) is 19.1 Å². The van der Waals surface area contributed by atoms with Crippen molar-refractivity contribution in [1.82, 2.24) is 4.90 Å². The maximum absolute atomic E-state index is 12.7. The lowest BCUT2D eigenvalue weighted by molar-refractivity contribution is -0.131. The van der Waals surface area contributed by atoms with Crippen molar-refractivity contribution in [3.05, 3.63) is 70.8 Å². The summed E-state index contributed by atoms with van der Waals surface area (Å²) in [5.74, 6) is -1.81. The minimum Gasteiger partial charge on any atom is -0.452 e. The zero-order chi connectivity index (χ0) is 19.4. The number of carbonyl (C=O) groups excluding carboxylic acids is 4. The summed E-state index contributed by atoms with van der Waals surface area (Å²) in [5.41, 5.74) is 1.69. The third kappa shape index (κ3) is 4.03. The average molecular weight is 367 g/mol. The number of benzene rings is 2. The number of aryl methyl sites for hydroxylation is 1. The predicted molar refractivity (Wildman–Crippen MR) is 94.4 cm³/mol. The Kier molecular flexibility index (Phi) is 5.30. The molecule has 0 bridgehead atoms. The summed E-state index contributed by atoms with van der Waals surface area (Å²) in [6.45, 7) is 1.54. The van der Waals surface area contributed by atoms with Crippen LogP contribution in [-0.2, 0) is 14.3 Å². The van der Waals surface area contributed by atoms with Crippen molar-refractivity contribution in [2.45, 2.75) is 6.92 Å². The molecule has 2 aromatic carbocycles. The van der Waals surface area contributed by atoms with Gasteiger partial charge < -0.3 is 9.47 Å². The Labute approximate surface area is 155 Å². The van der Waals surface area contributed by atoms with E-state index in [1.165, 1.54) is 12.1 Å². The summed E-state index contributed by atoms with van der Waals surface area (Å²) in [4.78, 5) is 49.3. The van der Waals surface area contributed by atoms with Gasteiger partial charge in [0.2, 0.25) is 0 Å². The van der Waals surface area contributed by atoms with E-state index in [-0.39, 0.29) is 30.1 Å². The average Bonchev–Trinajstić information content (AvgIpc) is 3.12. The highest BCUT2D eigenvalue weighted by Gasteiger charge is 2.29. The Bertz CT molecular complexity index is 903. The van der Waals surface area contributed by atoms with E-state index in [2.05, 4.69) is 4.74 Å². The van der Waals surface area contributed by atoms with Gasteiger partial charge in [0.1, 0.15) is 6.61 Å². The number of esters is 1. The lowest BCUT2D eigenvalue weighted by Crippen LogP contribution is -2.35. The third-order valence-electron chi connectivity index (χ3n) is 4.09. The maximum Gasteiger partial charge on any atom is 0.416 e. The van der Waals surface area contributed by atoms with E-state index in [0.29, 0.717) is 5.56 Å². The number of rotatable bonds is 5. The van der Waals surface area contributed by atoms with Crippen LogP contribution >= 0.6 is 0 Å². The van der Waals surface area contributed by atoms with Crippen molar-refractivity contribution in [2.24, 2.45) is 0 Å². The summed E-state index contributed by atoms with van der Waals surface area (Å²) >= 11 is 0. The van der Waals surface area contributed by atoms with E-state index in [0.717, 1.165) is 10.5 Å². The molecule has 0 saturated carbocycles. The molecular weight excluding hydrogens is 350 g/mol. The predicted octanol–water partition coefficient (Wildman–Crippen LogP) is 2.36. The highest BCUT2D eigenvalue weighted by Crippen LogP contribution is 2.17. The van der Waals surface area contributed by atoms with Gasteiger partial charge in [0.05, 0.1) is 12.1 Å². The van der Waals surface area contributed by atoms with Gasteiger partial charge in [0, 0.05) is 11.1 Å². The minimum absolute atomic E-state index is 0.0554. The van der Waals surface area contributed by atoms with Crippen molar-refractivity contribution in [2.75, 3.05) is 19.8 Å². The molecule has 0 aromatic heterocycles. The number of cyclic esters (lactones) is 1. The quantitative estimate of drug-likeness (QED) is 0.595. The van der Waals surface area contributed by atoms with Crippen molar-refractivity contribution in [3.8, 4) is 0 Å². The van der Waals surface area contributed by atoms with Crippen LogP contribution < -0.4 is 0 Å². The number of hydrogen-bond donors (Lipinski definition) is 0. The van der Waals surface area contributed by atoms with Gasteiger partial charge in [0.15, 0.2) is 12.4 Å². The molecule has 1 aliphatic rings. The molecule has 3 rings (SSSR count). The van der Waals surface area contributed by atoms with Crippen molar-refractivity contribution >= 4 is 23.8 Å². The van der Waals surface area contributed by atoms with Crippen LogP contribution in [0.25, 0.3) is 0 Å². The Hall–Kier alpha value is -3.48. The van der Waals surface area contributed by atoms with E-state index >= 15 is 0 Å². The molecule has 2 amide bonds. The van der Waals surface area contributed by atoms with E-state index < -0.39 is 24.6 Å². The number of imide groups is 1. The summed E-state index contributed by atoms with van der Waals surface area (Å²) in [5, 5.41) is 0. The smallest absolute Gasteiger partial charge is 0.416 e. The van der Waals surface area contributed by atoms with Crippen LogP contribution in [0.4, 0.5) is 4.79 Å². The van der Waals surface area contributed by atoms with E-state index in [4.69, 9.17) is 4.74 Å². The number of ketones is 1. The van der Waals surface area contributed by atoms with Crippen LogP contribution in [0.1, 0.15) is 31.8 Å². The molecule has 1 aliphatic heterocycles. The first-order valence-corrected chi connectivity index (χ1v) is 8.32. The van der Waals surface area contributed by atoms with Crippen molar-refractivity contribution in [1.29, 1.82) is 0 Å². The summed E-state index contributed by atoms with van der Waals surface area (Å²) in [6.07, 6.45) is -0.758. The fraction of sp³-hybridized carbons (Fsp3) is 0.200. The highest BCUT2D eigenvalue weighted by atomic mass is 16.6. The van der Waals surface area contributed by atoms with Gasteiger partial charge in [-0.25, -0.2) is 14.5 Å². The van der Waals surface area contributed by atoms with Crippen LogP contribution in [0.5, 0.6) is 0 Å². The molecule has 138 valence electrons. The molecule has 0 unspecified atom stereocenters. The van der Waals surface area contributed by atoms with E-state index in [9.17, 15) is 19.2 Å². The van der Waals surface area contributed by atoms with Crippen molar-refractivity contribution in [3.63, 3.8) is 0 Å². The van der Waals surface area contributed by atoms with Gasteiger partial charge in [0.25, 0.3) is 5.91 Å². The van der Waals surface area contributed by atoms with Crippen LogP contribution in [0.15, 0.2) is 48.5 Å². The highest BCUT2D eigenvalue weighted by molar-refractivity contribution is 6.14. The molecule has 1 heterocycles. The van der Waals surface area contributed by atoms with Crippen LogP contribution in [0, 0.1) is 6.92 Å². The Balaban J connectivity index is 1.74. The summed E-state index contributed by atoms with van der Waals surface area (Å²) in [7, 11) is 0. The standard InChI is InChI=1S/C20H17NO6/c1-13-6-8-14(9-7-13)18(23)15-4-2-3-5-16(15)19(24)27-12-17(22)21-10-11-26-20(21)25/h2-9H,10-12H2,1H3. The maximum atomic E-state index is 12.7. The van der Waals surface area contributed by atoms with E-state index in [1.54, 1.807) is 24.3 Å². The first-order chi connectivity index (χ1) is 13.0. The molecule has 7 nitrogen and oxygen atoms in total. The zero-order valence-electron chi connectivity index (χ0n) is 14.6. The molecule has 1 saturated heterocycles. The van der Waals surface area contributed by atoms with Crippen LogP contribution in [0.2, 0.25) is 0 Å². The minimum atomic E-state index is -0.813. The molecule has 7 heteroatoms. The molecule has 0 N–H and O–H groups in total. The van der Waals surface area contributed by atoms with Gasteiger partial charge in [-0.05, 0) is 13.0 Å². The second kappa shape index (κ2) is 7.82. The monoisotopic (exact) mass is 367 g/mol. The van der Waals surface area contributed by atoms with Gasteiger partial charge in [-0.15, -0.1) is 0 Å². The Morgan fingerprint density at radius 1 is 1.04 bits per heavy atom. The molecule has 2 aromatic rings. The van der Waals surface area contributed by atoms with Crippen molar-refractivity contribution < 1.29 is 28.7 Å². The second-order valence-corrected chi connectivity index (χ2v) is 5.98. The number of nitrogens with zero attached hydrogens (tertiary/aromatic N) is 1. The van der Waals surface area contributed by atoms with Gasteiger partial charge in [-0.1, -0.05) is 48.0 Å². The molecular formula is C20H17NO6. The van der Waals surface area contributed by atoms with Crippen LogP contribution in [-0.4, -0.2) is 48.4 Å². The number of hydrogen-bond acceptors (Lipinski definition) is 6. The topological polar surface area (TPSA) is 90.0 Å². The fourth-order valence-electron chi connectivity index (χ4n) is 2.62. The summed E-state index contributed by atoms with van der Waals surface area (Å²) in [6, 6.07) is 13.2. The zero-order valence-corrected chi connectivity index (χ0v) is 14.6. The number of amides is 2. The molecule has 0 aliphatic carbocycles. The fourth-order valence-corrected chi connectivity index (χ4v) is 2.62. The lowest BCUT2D eigenvalue weighted by atomic mass is 9.98. The van der Waals surface area contributed by atoms with Gasteiger partial charge >= 0.3 is 12.1 Å². The SMILES string of the molecule is Cc1ccc(C(=O)c2ccccc2C(=O)OCC(=O)N2CCOC2=O)cc1. The third-order valence-corrected chi connectivity index (χ3v) is 4.09. The first-order valence-electron chi connectivity index (χ1n) is 8.32. The Morgan fingerprint density at radius 3 is 2.33 bits per heavy atom. The first kappa shape index (κ1) is 18.3. The molecule has 0 radical (unpaired) electrons. The van der Waals surface area contributed by atoms with Crippen LogP contribution in [0.3, 0.4) is 0 Å². The second-order valence-electron chi connectivity index (χ2n) is 5.98. The number of ether oxygens (including phenoxy) is 2. The van der Waals surface area contributed by atoms with Gasteiger partial charge in [-0.3, -0.25) is 9.59 Å². The van der Waals surface area contributed by atoms with Gasteiger partial charge in [-0.2, -0.15) is 0 Å². The summed E-state index contributed by atoms with van der Waals surface area (Å²) < 4.78 is 9.67. The molecule has 0 spiro atoms. The molecule has 27 heavy (non-hydrogen) atoms. The molecule has 1 fully saturated rings.